The Morgan fingerprint density at radius 2 is 1.65 bits per heavy atom. The predicted molar refractivity (Wildman–Crippen MR) is 75.9 cm³/mol. The van der Waals surface area contributed by atoms with Crippen LogP contribution in [0.4, 0.5) is 0 Å². The van der Waals surface area contributed by atoms with E-state index in [0.717, 1.165) is 6.07 Å². The minimum absolute atomic E-state index is 0.159. The van der Waals surface area contributed by atoms with E-state index in [0.29, 0.717) is 24.3 Å². The number of carbonyl (C=O) groups is 3. The van der Waals surface area contributed by atoms with Gasteiger partial charge in [0.15, 0.2) is 0 Å². The summed E-state index contributed by atoms with van der Waals surface area (Å²) in [4.78, 5) is 34.0. The third-order valence-electron chi connectivity index (χ3n) is 2.69. The molecule has 0 bridgehead atoms. The Morgan fingerprint density at radius 1 is 1.10 bits per heavy atom. The summed E-state index contributed by atoms with van der Waals surface area (Å²) in [5.41, 5.74) is -0.160. The normalized spacial score (nSPS) is 10.1. The SMILES string of the molecule is Cc1cc(C(=O)O)c(C(=O)O)cc1C(=O)NCCCS. The molecule has 1 amide bonds. The van der Waals surface area contributed by atoms with E-state index in [9.17, 15) is 14.4 Å². The van der Waals surface area contributed by atoms with Crippen LogP contribution in [0, 0.1) is 6.92 Å². The van der Waals surface area contributed by atoms with Crippen LogP contribution < -0.4 is 5.32 Å². The Morgan fingerprint density at radius 3 is 2.15 bits per heavy atom. The van der Waals surface area contributed by atoms with Crippen LogP contribution in [0.5, 0.6) is 0 Å². The van der Waals surface area contributed by atoms with Crippen LogP contribution >= 0.6 is 12.6 Å². The molecule has 108 valence electrons. The van der Waals surface area contributed by atoms with Gasteiger partial charge in [0, 0.05) is 12.1 Å². The van der Waals surface area contributed by atoms with Gasteiger partial charge in [-0.2, -0.15) is 12.6 Å². The second kappa shape index (κ2) is 6.95. The lowest BCUT2D eigenvalue weighted by atomic mass is 9.98. The van der Waals surface area contributed by atoms with E-state index in [2.05, 4.69) is 17.9 Å². The number of carbonyl (C=O) groups excluding carboxylic acids is 1. The largest absolute Gasteiger partial charge is 0.478 e. The highest BCUT2D eigenvalue weighted by Crippen LogP contribution is 2.17. The molecule has 20 heavy (non-hydrogen) atoms. The van der Waals surface area contributed by atoms with Crippen molar-refractivity contribution in [3.05, 3.63) is 34.4 Å². The predicted octanol–water partition coefficient (Wildman–Crippen LogP) is 1.44. The van der Waals surface area contributed by atoms with Crippen molar-refractivity contribution in [3.63, 3.8) is 0 Å². The van der Waals surface area contributed by atoms with E-state index in [1.807, 2.05) is 0 Å². The first-order valence-corrected chi connectivity index (χ1v) is 6.52. The van der Waals surface area contributed by atoms with Gasteiger partial charge in [0.05, 0.1) is 11.1 Å². The number of thiol groups is 1. The molecule has 1 aromatic rings. The van der Waals surface area contributed by atoms with Crippen molar-refractivity contribution in [2.45, 2.75) is 13.3 Å². The standard InChI is InChI=1S/C13H15NO5S/c1-7-5-9(12(16)17)10(13(18)19)6-8(7)11(15)14-3-2-4-20/h5-6,20H,2-4H2,1H3,(H,14,15)(H,16,17)(H,18,19). The molecule has 0 heterocycles. The smallest absolute Gasteiger partial charge is 0.336 e. The third kappa shape index (κ3) is 3.74. The zero-order valence-corrected chi connectivity index (χ0v) is 11.7. The maximum absolute atomic E-state index is 11.9. The first kappa shape index (κ1) is 16.0. The van der Waals surface area contributed by atoms with Gasteiger partial charge in [0.2, 0.25) is 0 Å². The summed E-state index contributed by atoms with van der Waals surface area (Å²) in [6, 6.07) is 2.29. The van der Waals surface area contributed by atoms with Crippen LogP contribution in [0.15, 0.2) is 12.1 Å². The van der Waals surface area contributed by atoms with Crippen LogP contribution in [0.3, 0.4) is 0 Å². The first-order valence-electron chi connectivity index (χ1n) is 5.88. The van der Waals surface area contributed by atoms with Gasteiger partial charge in [-0.25, -0.2) is 9.59 Å². The topological polar surface area (TPSA) is 104 Å². The van der Waals surface area contributed by atoms with Gasteiger partial charge in [-0.1, -0.05) is 0 Å². The van der Waals surface area contributed by atoms with Crippen molar-refractivity contribution in [2.75, 3.05) is 12.3 Å². The number of nitrogens with one attached hydrogen (secondary N) is 1. The van der Waals surface area contributed by atoms with Gasteiger partial charge in [0.1, 0.15) is 0 Å². The van der Waals surface area contributed by atoms with Crippen molar-refractivity contribution in [2.24, 2.45) is 0 Å². The molecule has 1 rings (SSSR count). The highest BCUT2D eigenvalue weighted by molar-refractivity contribution is 7.80. The molecule has 0 spiro atoms. The fraction of sp³-hybridized carbons (Fsp3) is 0.308. The number of aromatic carboxylic acids is 2. The lowest BCUT2D eigenvalue weighted by molar-refractivity contribution is 0.0651. The van der Waals surface area contributed by atoms with E-state index in [1.165, 1.54) is 6.07 Å². The summed E-state index contributed by atoms with van der Waals surface area (Å²) in [7, 11) is 0. The molecule has 0 aliphatic heterocycles. The Kier molecular flexibility index (Phi) is 5.57. The summed E-state index contributed by atoms with van der Waals surface area (Å²) < 4.78 is 0. The van der Waals surface area contributed by atoms with E-state index in [1.54, 1.807) is 6.92 Å². The maximum atomic E-state index is 11.9. The molecular formula is C13H15NO5S. The number of benzene rings is 1. The van der Waals surface area contributed by atoms with Crippen molar-refractivity contribution >= 4 is 30.5 Å². The zero-order valence-electron chi connectivity index (χ0n) is 10.8. The Labute approximate surface area is 121 Å². The molecule has 0 fully saturated rings. The van der Waals surface area contributed by atoms with Crippen molar-refractivity contribution < 1.29 is 24.6 Å². The molecule has 6 nitrogen and oxygen atoms in total. The first-order chi connectivity index (χ1) is 9.38. The van der Waals surface area contributed by atoms with E-state index >= 15 is 0 Å². The van der Waals surface area contributed by atoms with Gasteiger partial charge < -0.3 is 15.5 Å². The highest BCUT2D eigenvalue weighted by Gasteiger charge is 2.20. The molecule has 0 radical (unpaired) electrons. The summed E-state index contributed by atoms with van der Waals surface area (Å²) >= 11 is 4.02. The van der Waals surface area contributed by atoms with Crippen LogP contribution in [-0.4, -0.2) is 40.4 Å². The summed E-state index contributed by atoms with van der Waals surface area (Å²) in [5.74, 6) is -2.53. The van der Waals surface area contributed by atoms with Crippen LogP contribution in [-0.2, 0) is 0 Å². The van der Waals surface area contributed by atoms with Crippen molar-refractivity contribution in [1.82, 2.24) is 5.32 Å². The molecule has 0 saturated carbocycles. The third-order valence-corrected chi connectivity index (χ3v) is 3.01. The highest BCUT2D eigenvalue weighted by atomic mass is 32.1. The molecule has 0 atom stereocenters. The maximum Gasteiger partial charge on any atom is 0.336 e. The van der Waals surface area contributed by atoms with Crippen LogP contribution in [0.25, 0.3) is 0 Å². The van der Waals surface area contributed by atoms with Gasteiger partial charge in [-0.15, -0.1) is 0 Å². The number of amides is 1. The molecule has 3 N–H and O–H groups in total. The number of rotatable bonds is 6. The molecule has 0 aliphatic carbocycles. The molecular weight excluding hydrogens is 282 g/mol. The average Bonchev–Trinajstić information content (AvgIpc) is 2.37. The number of aryl methyl sites for hydroxylation is 1. The second-order valence-electron chi connectivity index (χ2n) is 4.16. The van der Waals surface area contributed by atoms with Gasteiger partial charge in [0.25, 0.3) is 5.91 Å². The van der Waals surface area contributed by atoms with E-state index in [-0.39, 0.29) is 11.1 Å². The quantitative estimate of drug-likeness (QED) is 0.470. The van der Waals surface area contributed by atoms with Crippen molar-refractivity contribution in [1.29, 1.82) is 0 Å². The second-order valence-corrected chi connectivity index (χ2v) is 4.60. The van der Waals surface area contributed by atoms with Gasteiger partial charge >= 0.3 is 11.9 Å². The van der Waals surface area contributed by atoms with Crippen LogP contribution in [0.1, 0.15) is 43.1 Å². The number of hydrogen-bond donors (Lipinski definition) is 4. The number of carboxylic acid groups (broad SMARTS) is 2. The van der Waals surface area contributed by atoms with E-state index in [4.69, 9.17) is 10.2 Å². The fourth-order valence-electron chi connectivity index (χ4n) is 1.68. The number of carboxylic acids is 2. The molecule has 7 heteroatoms. The molecule has 0 saturated heterocycles. The number of hydrogen-bond acceptors (Lipinski definition) is 4. The molecule has 0 aliphatic rings. The molecule has 1 aromatic carbocycles. The van der Waals surface area contributed by atoms with E-state index < -0.39 is 23.4 Å². The Hall–Kier alpha value is -2.02. The zero-order chi connectivity index (χ0) is 15.3. The van der Waals surface area contributed by atoms with Gasteiger partial charge in [-0.3, -0.25) is 4.79 Å². The lowest BCUT2D eigenvalue weighted by Gasteiger charge is -2.10. The van der Waals surface area contributed by atoms with Gasteiger partial charge in [-0.05, 0) is 36.8 Å². The summed E-state index contributed by atoms with van der Waals surface area (Å²) in [5, 5.41) is 20.6. The summed E-state index contributed by atoms with van der Waals surface area (Å²) in [6.07, 6.45) is 0.687. The van der Waals surface area contributed by atoms with Crippen molar-refractivity contribution in [3.8, 4) is 0 Å². The lowest BCUT2D eigenvalue weighted by Crippen LogP contribution is -2.26. The average molecular weight is 297 g/mol. The fourth-order valence-corrected chi connectivity index (χ4v) is 1.84. The monoisotopic (exact) mass is 297 g/mol. The molecule has 0 unspecified atom stereocenters. The minimum atomic E-state index is -1.38. The Bertz CT molecular complexity index is 556. The van der Waals surface area contributed by atoms with Crippen LogP contribution in [0.2, 0.25) is 0 Å². The minimum Gasteiger partial charge on any atom is -0.478 e. The molecule has 0 aromatic heterocycles. The summed E-state index contributed by atoms with van der Waals surface area (Å²) in [6.45, 7) is 1.98. The Balaban J connectivity index is 3.15.